The van der Waals surface area contributed by atoms with Crippen LogP contribution in [0.15, 0.2) is 28.7 Å². The average molecular weight is 182 g/mol. The zero-order valence-electron chi connectivity index (χ0n) is 6.38. The first-order chi connectivity index (χ1) is 5.83. The van der Waals surface area contributed by atoms with Gasteiger partial charge >= 0.3 is 0 Å². The van der Waals surface area contributed by atoms with E-state index in [1.165, 1.54) is 0 Å². The van der Waals surface area contributed by atoms with Gasteiger partial charge in [-0.25, -0.2) is 0 Å². The molecular weight excluding hydrogens is 174 g/mol. The van der Waals surface area contributed by atoms with Crippen molar-refractivity contribution in [2.24, 2.45) is 5.73 Å². The predicted molar refractivity (Wildman–Crippen MR) is 49.1 cm³/mol. The van der Waals surface area contributed by atoms with Crippen LogP contribution in [0.3, 0.4) is 0 Å². The Bertz CT molecular complexity index is 408. The molecular formula is C9H8ClNO. The number of furan rings is 1. The summed E-state index contributed by atoms with van der Waals surface area (Å²) in [5, 5.41) is 1.41. The van der Waals surface area contributed by atoms with Crippen LogP contribution in [0, 0.1) is 0 Å². The van der Waals surface area contributed by atoms with E-state index < -0.39 is 0 Å². The van der Waals surface area contributed by atoms with Crippen molar-refractivity contribution < 1.29 is 4.42 Å². The van der Waals surface area contributed by atoms with E-state index in [0.717, 1.165) is 16.5 Å². The topological polar surface area (TPSA) is 39.2 Å². The Morgan fingerprint density at radius 1 is 1.33 bits per heavy atom. The summed E-state index contributed by atoms with van der Waals surface area (Å²) in [6.45, 7) is 0.413. The molecule has 12 heavy (non-hydrogen) atoms. The number of hydrogen-bond donors (Lipinski definition) is 1. The molecule has 2 nitrogen and oxygen atoms in total. The first kappa shape index (κ1) is 7.65. The second-order valence-corrected chi connectivity index (χ2v) is 2.90. The summed E-state index contributed by atoms with van der Waals surface area (Å²) in [6.07, 6.45) is 0. The Kier molecular flexibility index (Phi) is 1.79. The minimum Gasteiger partial charge on any atom is -0.444 e. The third-order valence-corrected chi connectivity index (χ3v) is 2.16. The highest BCUT2D eigenvalue weighted by molar-refractivity contribution is 6.30. The minimum absolute atomic E-state index is 0.402. The van der Waals surface area contributed by atoms with Gasteiger partial charge in [-0.2, -0.15) is 0 Å². The second-order valence-electron chi connectivity index (χ2n) is 2.55. The maximum absolute atomic E-state index is 5.82. The number of fused-ring (bicyclic) bond motifs is 1. The fourth-order valence-electron chi connectivity index (χ4n) is 1.26. The zero-order chi connectivity index (χ0) is 8.55. The number of benzene rings is 1. The van der Waals surface area contributed by atoms with Crippen LogP contribution in [-0.2, 0) is 6.54 Å². The lowest BCUT2D eigenvalue weighted by Gasteiger charge is -1.89. The highest BCUT2D eigenvalue weighted by Crippen LogP contribution is 2.28. The van der Waals surface area contributed by atoms with Crippen LogP contribution in [0.2, 0.25) is 5.22 Å². The van der Waals surface area contributed by atoms with Crippen LogP contribution in [0.5, 0.6) is 0 Å². The molecule has 0 fully saturated rings. The summed E-state index contributed by atoms with van der Waals surface area (Å²) >= 11 is 5.82. The van der Waals surface area contributed by atoms with E-state index in [2.05, 4.69) is 0 Å². The van der Waals surface area contributed by atoms with Gasteiger partial charge in [0.15, 0.2) is 5.22 Å². The second kappa shape index (κ2) is 2.81. The van der Waals surface area contributed by atoms with Gasteiger partial charge in [-0.05, 0) is 17.7 Å². The monoisotopic (exact) mass is 181 g/mol. The van der Waals surface area contributed by atoms with Crippen molar-refractivity contribution in [3.63, 3.8) is 0 Å². The van der Waals surface area contributed by atoms with E-state index >= 15 is 0 Å². The van der Waals surface area contributed by atoms with Crippen molar-refractivity contribution in [2.75, 3.05) is 0 Å². The first-order valence-electron chi connectivity index (χ1n) is 3.69. The minimum atomic E-state index is 0.402. The third-order valence-electron chi connectivity index (χ3n) is 1.85. The quantitative estimate of drug-likeness (QED) is 0.735. The zero-order valence-corrected chi connectivity index (χ0v) is 7.14. The van der Waals surface area contributed by atoms with E-state index in [0.29, 0.717) is 11.8 Å². The fraction of sp³-hybridized carbons (Fsp3) is 0.111. The number of rotatable bonds is 1. The molecule has 0 bridgehead atoms. The van der Waals surface area contributed by atoms with Crippen LogP contribution in [0.4, 0.5) is 0 Å². The molecule has 3 heteroatoms. The SMILES string of the molecule is NCc1c(Cl)oc2ccccc12. The van der Waals surface area contributed by atoms with Crippen LogP contribution >= 0.6 is 11.6 Å². The van der Waals surface area contributed by atoms with Crippen LogP contribution in [0.25, 0.3) is 11.0 Å². The largest absolute Gasteiger partial charge is 0.444 e. The Morgan fingerprint density at radius 2 is 2.08 bits per heavy atom. The Morgan fingerprint density at radius 3 is 2.83 bits per heavy atom. The van der Waals surface area contributed by atoms with Gasteiger partial charge in [-0.15, -0.1) is 0 Å². The number of para-hydroxylation sites is 1. The Balaban J connectivity index is 2.81. The number of hydrogen-bond acceptors (Lipinski definition) is 2. The highest BCUT2D eigenvalue weighted by atomic mass is 35.5. The molecule has 62 valence electrons. The van der Waals surface area contributed by atoms with Gasteiger partial charge in [0.2, 0.25) is 0 Å². The number of nitrogens with two attached hydrogens (primary N) is 1. The smallest absolute Gasteiger partial charge is 0.199 e. The van der Waals surface area contributed by atoms with Gasteiger partial charge in [-0.3, -0.25) is 0 Å². The number of halogens is 1. The molecule has 0 aliphatic carbocycles. The summed E-state index contributed by atoms with van der Waals surface area (Å²) in [7, 11) is 0. The van der Waals surface area contributed by atoms with E-state index in [1.54, 1.807) is 0 Å². The van der Waals surface area contributed by atoms with E-state index in [-0.39, 0.29) is 0 Å². The summed E-state index contributed by atoms with van der Waals surface area (Å²) in [4.78, 5) is 0. The van der Waals surface area contributed by atoms with Gasteiger partial charge in [-0.1, -0.05) is 18.2 Å². The molecule has 2 rings (SSSR count). The third kappa shape index (κ3) is 1.00. The maximum atomic E-state index is 5.82. The van der Waals surface area contributed by atoms with Gasteiger partial charge in [0.05, 0.1) is 0 Å². The van der Waals surface area contributed by atoms with Crippen molar-refractivity contribution in [1.82, 2.24) is 0 Å². The van der Waals surface area contributed by atoms with Crippen LogP contribution < -0.4 is 5.73 Å². The van der Waals surface area contributed by atoms with Crippen molar-refractivity contribution in [1.29, 1.82) is 0 Å². The molecule has 2 aromatic rings. The molecule has 0 atom stereocenters. The Hall–Kier alpha value is -0.990. The summed E-state index contributed by atoms with van der Waals surface area (Å²) < 4.78 is 5.28. The van der Waals surface area contributed by atoms with Crippen LogP contribution in [-0.4, -0.2) is 0 Å². The van der Waals surface area contributed by atoms with Crippen molar-refractivity contribution in [3.05, 3.63) is 35.0 Å². The summed E-state index contributed by atoms with van der Waals surface area (Å²) in [6, 6.07) is 7.67. The molecule has 1 aromatic carbocycles. The van der Waals surface area contributed by atoms with Crippen molar-refractivity contribution in [3.8, 4) is 0 Å². The van der Waals surface area contributed by atoms with Crippen molar-refractivity contribution in [2.45, 2.75) is 6.54 Å². The molecule has 0 radical (unpaired) electrons. The van der Waals surface area contributed by atoms with Crippen molar-refractivity contribution >= 4 is 22.6 Å². The molecule has 0 spiro atoms. The lowest BCUT2D eigenvalue weighted by Crippen LogP contribution is -1.94. The molecule has 0 saturated carbocycles. The fourth-order valence-corrected chi connectivity index (χ4v) is 1.52. The Labute approximate surface area is 74.9 Å². The standard InChI is InChI=1S/C9H8ClNO/c10-9-7(5-11)6-3-1-2-4-8(6)12-9/h1-4H,5,11H2. The molecule has 0 saturated heterocycles. The normalized spacial score (nSPS) is 10.8. The van der Waals surface area contributed by atoms with E-state index in [1.807, 2.05) is 24.3 Å². The van der Waals surface area contributed by atoms with E-state index in [4.69, 9.17) is 21.8 Å². The van der Waals surface area contributed by atoms with E-state index in [9.17, 15) is 0 Å². The molecule has 2 N–H and O–H groups in total. The lowest BCUT2D eigenvalue weighted by molar-refractivity contribution is 0.613. The summed E-state index contributed by atoms with van der Waals surface area (Å²) in [5.41, 5.74) is 7.19. The first-order valence-corrected chi connectivity index (χ1v) is 4.06. The van der Waals surface area contributed by atoms with Gasteiger partial charge in [0, 0.05) is 17.5 Å². The molecule has 0 unspecified atom stereocenters. The highest BCUT2D eigenvalue weighted by Gasteiger charge is 2.08. The molecule has 0 aliphatic heterocycles. The van der Waals surface area contributed by atoms with Gasteiger partial charge in [0.25, 0.3) is 0 Å². The molecule has 1 aromatic heterocycles. The van der Waals surface area contributed by atoms with Gasteiger partial charge < -0.3 is 10.2 Å². The molecule has 1 heterocycles. The molecule has 0 amide bonds. The predicted octanol–water partition coefficient (Wildman–Crippen LogP) is 2.54. The van der Waals surface area contributed by atoms with Gasteiger partial charge in [0.1, 0.15) is 5.58 Å². The van der Waals surface area contributed by atoms with Crippen LogP contribution in [0.1, 0.15) is 5.56 Å². The maximum Gasteiger partial charge on any atom is 0.199 e. The summed E-state index contributed by atoms with van der Waals surface area (Å²) in [5.74, 6) is 0. The average Bonchev–Trinajstić information content (AvgIpc) is 2.40. The molecule has 0 aliphatic rings. The lowest BCUT2D eigenvalue weighted by atomic mass is 10.2.